The van der Waals surface area contributed by atoms with E-state index < -0.39 is 33.7 Å². The quantitative estimate of drug-likeness (QED) is 0.247. The molecule has 0 radical (unpaired) electrons. The Labute approximate surface area is 248 Å². The summed E-state index contributed by atoms with van der Waals surface area (Å²) in [6.45, 7) is 0.673. The second-order valence-electron chi connectivity index (χ2n) is 9.82. The van der Waals surface area contributed by atoms with Gasteiger partial charge >= 0.3 is 6.36 Å². The summed E-state index contributed by atoms with van der Waals surface area (Å²) in [6, 6.07) is 12.2. The molecule has 44 heavy (non-hydrogen) atoms. The van der Waals surface area contributed by atoms with Gasteiger partial charge in [-0.15, -0.1) is 13.2 Å². The first-order chi connectivity index (χ1) is 20.8. The molecule has 232 valence electrons. The zero-order chi connectivity index (χ0) is 31.6. The van der Waals surface area contributed by atoms with E-state index in [-0.39, 0.29) is 34.2 Å². The molecule has 4 N–H and O–H groups in total. The Kier molecular flexibility index (Phi) is 8.55. The Balaban J connectivity index is 1.44. The lowest BCUT2D eigenvalue weighted by molar-refractivity contribution is -0.274. The SMILES string of the molecule is CONC(=O)c1cn(-c2ccc(OC(F)(F)F)cc2)c2nc(Nc3ccc(C4CCN(S(N)(=O)=O)CC4)cc3)ncc2c1=O. The fourth-order valence-corrected chi connectivity index (χ4v) is 5.62. The van der Waals surface area contributed by atoms with Crippen molar-refractivity contribution in [2.75, 3.05) is 25.5 Å². The number of benzene rings is 2. The molecule has 3 heterocycles. The van der Waals surface area contributed by atoms with Crippen LogP contribution in [0.15, 0.2) is 65.7 Å². The molecule has 0 bridgehead atoms. The van der Waals surface area contributed by atoms with Gasteiger partial charge in [0.25, 0.3) is 16.1 Å². The van der Waals surface area contributed by atoms with Gasteiger partial charge in [0.1, 0.15) is 11.3 Å². The minimum atomic E-state index is -4.88. The van der Waals surface area contributed by atoms with E-state index in [2.05, 4.69) is 30.3 Å². The van der Waals surface area contributed by atoms with Crippen molar-refractivity contribution in [3.05, 3.63) is 82.3 Å². The number of aromatic nitrogens is 3. The van der Waals surface area contributed by atoms with Crippen LogP contribution in [-0.2, 0) is 15.0 Å². The van der Waals surface area contributed by atoms with Gasteiger partial charge < -0.3 is 14.6 Å². The van der Waals surface area contributed by atoms with E-state index in [0.717, 1.165) is 17.7 Å². The second kappa shape index (κ2) is 12.2. The Morgan fingerprint density at radius 2 is 1.73 bits per heavy atom. The van der Waals surface area contributed by atoms with Crippen molar-refractivity contribution < 1.29 is 36.0 Å². The van der Waals surface area contributed by atoms with Gasteiger partial charge in [0.2, 0.25) is 11.4 Å². The molecule has 1 saturated heterocycles. The van der Waals surface area contributed by atoms with Crippen LogP contribution in [0.3, 0.4) is 0 Å². The van der Waals surface area contributed by atoms with E-state index in [1.165, 1.54) is 40.5 Å². The van der Waals surface area contributed by atoms with Gasteiger partial charge in [0.05, 0.1) is 12.5 Å². The van der Waals surface area contributed by atoms with Crippen LogP contribution >= 0.6 is 0 Å². The molecule has 2 aromatic heterocycles. The van der Waals surface area contributed by atoms with Crippen LogP contribution in [0.2, 0.25) is 0 Å². The lowest BCUT2D eigenvalue weighted by Gasteiger charge is -2.30. The molecule has 2 aromatic carbocycles. The molecule has 0 unspecified atom stereocenters. The molecule has 17 heteroatoms. The van der Waals surface area contributed by atoms with Gasteiger partial charge in [-0.05, 0) is 60.7 Å². The number of rotatable bonds is 8. The number of piperidine rings is 1. The average Bonchev–Trinajstić information content (AvgIpc) is 2.97. The fourth-order valence-electron chi connectivity index (χ4n) is 4.90. The molecule has 1 aliphatic heterocycles. The molecular weight excluding hydrogens is 607 g/mol. The molecule has 0 saturated carbocycles. The number of hydrogen-bond acceptors (Lipinski definition) is 9. The van der Waals surface area contributed by atoms with Crippen LogP contribution in [0, 0.1) is 0 Å². The fraction of sp³-hybridized carbons (Fsp3) is 0.259. The summed E-state index contributed by atoms with van der Waals surface area (Å²) < 4.78 is 67.7. The highest BCUT2D eigenvalue weighted by molar-refractivity contribution is 7.86. The normalized spacial score (nSPS) is 14.8. The van der Waals surface area contributed by atoms with Crippen LogP contribution in [0.1, 0.15) is 34.7 Å². The Morgan fingerprint density at radius 3 is 2.32 bits per heavy atom. The zero-order valence-corrected chi connectivity index (χ0v) is 23.9. The molecule has 1 amide bonds. The number of halogens is 3. The highest BCUT2D eigenvalue weighted by Gasteiger charge is 2.31. The number of ether oxygens (including phenoxy) is 1. The number of alkyl halides is 3. The van der Waals surface area contributed by atoms with Gasteiger partial charge in [0, 0.05) is 36.9 Å². The van der Waals surface area contributed by atoms with Gasteiger partial charge in [-0.2, -0.15) is 17.7 Å². The number of hydroxylamine groups is 1. The van der Waals surface area contributed by atoms with Crippen molar-refractivity contribution in [1.29, 1.82) is 0 Å². The number of anilines is 2. The monoisotopic (exact) mass is 633 g/mol. The van der Waals surface area contributed by atoms with E-state index in [1.54, 1.807) is 12.1 Å². The van der Waals surface area contributed by atoms with E-state index in [1.807, 2.05) is 12.1 Å². The number of nitrogens with one attached hydrogen (secondary N) is 2. The van der Waals surface area contributed by atoms with Gasteiger partial charge in [-0.3, -0.25) is 14.4 Å². The summed E-state index contributed by atoms with van der Waals surface area (Å²) in [5, 5.41) is 8.25. The Bertz CT molecular complexity index is 1840. The van der Waals surface area contributed by atoms with Crippen molar-refractivity contribution in [1.82, 2.24) is 24.3 Å². The first kappa shape index (κ1) is 30.9. The van der Waals surface area contributed by atoms with Gasteiger partial charge in [0.15, 0.2) is 5.65 Å². The number of carbonyl (C=O) groups excluding carboxylic acids is 1. The molecule has 5 rings (SSSR count). The Hall–Kier alpha value is -4.58. The second-order valence-corrected chi connectivity index (χ2v) is 11.4. The third kappa shape index (κ3) is 6.96. The standard InChI is InChI=1S/C27H26F3N7O6S/c1-42-35-25(39)22-15-37(19-6-8-20(9-7-19)43-27(28,29)30)24-21(23(22)38)14-32-26(34-24)33-18-4-2-16(3-5-18)17-10-12-36(13-11-17)44(31,40)41/h2-9,14-15,17H,10-13H2,1H3,(H,35,39)(H2,31,40,41)(H,32,33,34). The van der Waals surface area contributed by atoms with Crippen LogP contribution in [0.4, 0.5) is 24.8 Å². The maximum Gasteiger partial charge on any atom is 0.573 e. The maximum absolute atomic E-state index is 13.2. The van der Waals surface area contributed by atoms with E-state index in [4.69, 9.17) is 5.14 Å². The van der Waals surface area contributed by atoms with Crippen molar-refractivity contribution in [3.63, 3.8) is 0 Å². The highest BCUT2D eigenvalue weighted by Crippen LogP contribution is 2.30. The minimum absolute atomic E-state index is 0.0314. The topological polar surface area (TPSA) is 171 Å². The predicted octanol–water partition coefficient (Wildman–Crippen LogP) is 3.10. The van der Waals surface area contributed by atoms with Crippen molar-refractivity contribution >= 4 is 38.8 Å². The largest absolute Gasteiger partial charge is 0.573 e. The van der Waals surface area contributed by atoms with E-state index >= 15 is 0 Å². The molecular formula is C27H26F3N7O6S. The van der Waals surface area contributed by atoms with Crippen LogP contribution in [0.25, 0.3) is 16.7 Å². The summed E-state index contributed by atoms with van der Waals surface area (Å²) >= 11 is 0. The first-order valence-corrected chi connectivity index (χ1v) is 14.6. The summed E-state index contributed by atoms with van der Waals surface area (Å²) in [5.41, 5.74) is 3.07. The lowest BCUT2D eigenvalue weighted by atomic mass is 9.90. The number of fused-ring (bicyclic) bond motifs is 1. The van der Waals surface area contributed by atoms with Gasteiger partial charge in [-0.25, -0.2) is 15.6 Å². The first-order valence-electron chi connectivity index (χ1n) is 13.1. The van der Waals surface area contributed by atoms with E-state index in [9.17, 15) is 31.2 Å². The molecule has 1 fully saturated rings. The van der Waals surface area contributed by atoms with E-state index in [0.29, 0.717) is 31.6 Å². The third-order valence-corrected chi connectivity index (χ3v) is 8.07. The molecule has 0 atom stereocenters. The van der Waals surface area contributed by atoms with Crippen molar-refractivity contribution in [3.8, 4) is 11.4 Å². The molecule has 4 aromatic rings. The smallest absolute Gasteiger partial charge is 0.406 e. The van der Waals surface area contributed by atoms with Crippen LogP contribution in [-0.4, -0.2) is 59.7 Å². The predicted molar refractivity (Wildman–Crippen MR) is 153 cm³/mol. The highest BCUT2D eigenvalue weighted by atomic mass is 32.2. The molecule has 0 aliphatic carbocycles. The van der Waals surface area contributed by atoms with Gasteiger partial charge in [-0.1, -0.05) is 12.1 Å². The number of hydrogen-bond donors (Lipinski definition) is 3. The maximum atomic E-state index is 13.2. The van der Waals surface area contributed by atoms with Crippen molar-refractivity contribution in [2.24, 2.45) is 5.14 Å². The third-order valence-electron chi connectivity index (χ3n) is 6.98. The summed E-state index contributed by atoms with van der Waals surface area (Å²) in [7, 11) is -2.52. The molecule has 1 aliphatic rings. The van der Waals surface area contributed by atoms with Crippen LogP contribution < -0.4 is 26.1 Å². The number of carbonyl (C=O) groups is 1. The summed E-state index contributed by atoms with van der Waals surface area (Å²) in [4.78, 5) is 39.0. The molecule has 0 spiro atoms. The van der Waals surface area contributed by atoms with Crippen molar-refractivity contribution in [2.45, 2.75) is 25.1 Å². The van der Waals surface area contributed by atoms with Crippen LogP contribution in [0.5, 0.6) is 5.75 Å². The number of pyridine rings is 1. The minimum Gasteiger partial charge on any atom is -0.406 e. The molecule has 13 nitrogen and oxygen atoms in total. The Morgan fingerprint density at radius 1 is 1.07 bits per heavy atom. The number of amides is 1. The zero-order valence-electron chi connectivity index (χ0n) is 23.0. The summed E-state index contributed by atoms with van der Waals surface area (Å²) in [6.07, 6.45) is -1.19. The number of nitrogens with zero attached hydrogens (tertiary/aromatic N) is 4. The summed E-state index contributed by atoms with van der Waals surface area (Å²) in [5.74, 6) is -1.04. The lowest BCUT2D eigenvalue weighted by Crippen LogP contribution is -2.41. The average molecular weight is 634 g/mol. The number of nitrogens with two attached hydrogens (primary N) is 1.